The van der Waals surface area contributed by atoms with Gasteiger partial charge in [0.05, 0.1) is 6.61 Å². The molecule has 0 aliphatic carbocycles. The van der Waals surface area contributed by atoms with Gasteiger partial charge in [-0.2, -0.15) is 0 Å². The van der Waals surface area contributed by atoms with Crippen molar-refractivity contribution in [1.82, 2.24) is 5.32 Å². The van der Waals surface area contributed by atoms with Crippen molar-refractivity contribution >= 4 is 17.5 Å². The Bertz CT molecular complexity index is 381. The van der Waals surface area contributed by atoms with Gasteiger partial charge >= 0.3 is 0 Å². The van der Waals surface area contributed by atoms with Crippen molar-refractivity contribution in [3.8, 4) is 0 Å². The maximum Gasteiger partial charge on any atom is 0.242 e. The standard InChI is InChI=1S/C12H17ClN2O2/c1-12(11(14)16,15-7-8-17-2)9-3-5-10(13)6-4-9/h3-6,15H,7-8H2,1-2H3,(H2,14,16). The van der Waals surface area contributed by atoms with Gasteiger partial charge in [-0.1, -0.05) is 23.7 Å². The van der Waals surface area contributed by atoms with Gasteiger partial charge in [0.1, 0.15) is 5.54 Å². The topological polar surface area (TPSA) is 64.3 Å². The van der Waals surface area contributed by atoms with Gasteiger partial charge in [0, 0.05) is 18.7 Å². The minimum atomic E-state index is -0.914. The van der Waals surface area contributed by atoms with Gasteiger partial charge in [-0.05, 0) is 24.6 Å². The summed E-state index contributed by atoms with van der Waals surface area (Å²) in [5.74, 6) is -0.434. The molecule has 1 aromatic rings. The van der Waals surface area contributed by atoms with Gasteiger partial charge in [-0.15, -0.1) is 0 Å². The SMILES string of the molecule is COCCNC(C)(C(N)=O)c1ccc(Cl)cc1. The van der Waals surface area contributed by atoms with E-state index in [2.05, 4.69) is 5.32 Å². The number of nitrogens with one attached hydrogen (secondary N) is 1. The molecular weight excluding hydrogens is 240 g/mol. The normalized spacial score (nSPS) is 14.3. The first kappa shape index (κ1) is 14.0. The lowest BCUT2D eigenvalue weighted by atomic mass is 9.91. The van der Waals surface area contributed by atoms with Crippen molar-refractivity contribution in [3.63, 3.8) is 0 Å². The summed E-state index contributed by atoms with van der Waals surface area (Å²) in [7, 11) is 1.60. The molecule has 4 nitrogen and oxygen atoms in total. The van der Waals surface area contributed by atoms with Gasteiger partial charge < -0.3 is 10.5 Å². The summed E-state index contributed by atoms with van der Waals surface area (Å²) in [6, 6.07) is 7.03. The Morgan fingerprint density at radius 2 is 2.06 bits per heavy atom. The van der Waals surface area contributed by atoms with Crippen LogP contribution in [0.25, 0.3) is 0 Å². The summed E-state index contributed by atoms with van der Waals surface area (Å²) in [6.45, 7) is 2.79. The third-order valence-corrected chi connectivity index (χ3v) is 2.95. The number of rotatable bonds is 6. The summed E-state index contributed by atoms with van der Waals surface area (Å²) in [6.07, 6.45) is 0. The summed E-state index contributed by atoms with van der Waals surface area (Å²) < 4.78 is 4.94. The van der Waals surface area contributed by atoms with Crippen molar-refractivity contribution in [2.45, 2.75) is 12.5 Å². The maximum absolute atomic E-state index is 11.6. The molecule has 3 N–H and O–H groups in total. The van der Waals surface area contributed by atoms with Gasteiger partial charge in [-0.3, -0.25) is 10.1 Å². The highest BCUT2D eigenvalue weighted by Gasteiger charge is 2.32. The van der Waals surface area contributed by atoms with Crippen LogP contribution >= 0.6 is 11.6 Å². The molecule has 0 aliphatic heterocycles. The quantitative estimate of drug-likeness (QED) is 0.754. The van der Waals surface area contributed by atoms with E-state index >= 15 is 0 Å². The molecule has 1 amide bonds. The number of nitrogens with two attached hydrogens (primary N) is 1. The second kappa shape index (κ2) is 6.00. The zero-order valence-electron chi connectivity index (χ0n) is 10.00. The number of carbonyl (C=O) groups is 1. The average molecular weight is 257 g/mol. The Morgan fingerprint density at radius 1 is 1.47 bits per heavy atom. The van der Waals surface area contributed by atoms with Crippen molar-refractivity contribution in [2.75, 3.05) is 20.3 Å². The first-order valence-corrected chi connectivity index (χ1v) is 5.68. The summed E-state index contributed by atoms with van der Waals surface area (Å²) in [4.78, 5) is 11.6. The smallest absolute Gasteiger partial charge is 0.242 e. The molecular formula is C12H17ClN2O2. The van der Waals surface area contributed by atoms with E-state index in [4.69, 9.17) is 22.1 Å². The number of amides is 1. The van der Waals surface area contributed by atoms with Gasteiger partial charge in [0.15, 0.2) is 0 Å². The second-order valence-corrected chi connectivity index (χ2v) is 4.35. The zero-order valence-corrected chi connectivity index (χ0v) is 10.8. The fraction of sp³-hybridized carbons (Fsp3) is 0.417. The molecule has 0 saturated heterocycles. The molecule has 1 rings (SSSR count). The number of ether oxygens (including phenoxy) is 1. The number of hydrogen-bond donors (Lipinski definition) is 2. The Hall–Kier alpha value is -1.10. The summed E-state index contributed by atoms with van der Waals surface area (Å²) >= 11 is 5.81. The van der Waals surface area contributed by atoms with E-state index in [0.717, 1.165) is 5.56 Å². The summed E-state index contributed by atoms with van der Waals surface area (Å²) in [5.41, 5.74) is 5.32. The zero-order chi connectivity index (χ0) is 12.9. The van der Waals surface area contributed by atoms with E-state index in [1.54, 1.807) is 38.3 Å². The molecule has 0 fully saturated rings. The number of halogens is 1. The fourth-order valence-electron chi connectivity index (χ4n) is 1.52. The summed E-state index contributed by atoms with van der Waals surface area (Å²) in [5, 5.41) is 3.71. The number of benzene rings is 1. The molecule has 1 unspecified atom stereocenters. The van der Waals surface area contributed by atoms with Crippen LogP contribution in [0.5, 0.6) is 0 Å². The van der Waals surface area contributed by atoms with E-state index in [1.165, 1.54) is 0 Å². The molecule has 17 heavy (non-hydrogen) atoms. The Balaban J connectivity index is 2.90. The molecule has 5 heteroatoms. The highest BCUT2D eigenvalue weighted by Crippen LogP contribution is 2.22. The monoisotopic (exact) mass is 256 g/mol. The van der Waals surface area contributed by atoms with Crippen LogP contribution in [0, 0.1) is 0 Å². The van der Waals surface area contributed by atoms with Crippen LogP contribution in [0.1, 0.15) is 12.5 Å². The molecule has 0 spiro atoms. The van der Waals surface area contributed by atoms with Crippen LogP contribution in [0.15, 0.2) is 24.3 Å². The lowest BCUT2D eigenvalue weighted by molar-refractivity contribution is -0.124. The molecule has 1 atom stereocenters. The molecule has 0 aliphatic rings. The lowest BCUT2D eigenvalue weighted by Crippen LogP contribution is -2.51. The van der Waals surface area contributed by atoms with Crippen LogP contribution in [0.4, 0.5) is 0 Å². The molecule has 0 radical (unpaired) electrons. The van der Waals surface area contributed by atoms with Crippen molar-refractivity contribution in [3.05, 3.63) is 34.9 Å². The number of methoxy groups -OCH3 is 1. The van der Waals surface area contributed by atoms with Crippen LogP contribution < -0.4 is 11.1 Å². The Morgan fingerprint density at radius 3 is 2.53 bits per heavy atom. The second-order valence-electron chi connectivity index (χ2n) is 3.92. The van der Waals surface area contributed by atoms with Crippen molar-refractivity contribution in [1.29, 1.82) is 0 Å². The predicted molar refractivity (Wildman–Crippen MR) is 67.9 cm³/mol. The molecule has 0 saturated carbocycles. The predicted octanol–water partition coefficient (Wildman–Crippen LogP) is 1.28. The average Bonchev–Trinajstić information content (AvgIpc) is 2.29. The van der Waals surface area contributed by atoms with Crippen LogP contribution in [-0.4, -0.2) is 26.2 Å². The molecule has 94 valence electrons. The van der Waals surface area contributed by atoms with E-state index in [1.807, 2.05) is 0 Å². The molecule has 1 aromatic carbocycles. The Labute approximate surface area is 106 Å². The number of hydrogen-bond acceptors (Lipinski definition) is 3. The third kappa shape index (κ3) is 3.43. The van der Waals surface area contributed by atoms with E-state index in [0.29, 0.717) is 18.2 Å². The molecule has 0 heterocycles. The largest absolute Gasteiger partial charge is 0.383 e. The van der Waals surface area contributed by atoms with Crippen LogP contribution in [-0.2, 0) is 15.1 Å². The minimum absolute atomic E-state index is 0.434. The highest BCUT2D eigenvalue weighted by molar-refractivity contribution is 6.30. The first-order chi connectivity index (χ1) is 8.00. The van der Waals surface area contributed by atoms with Crippen LogP contribution in [0.2, 0.25) is 5.02 Å². The van der Waals surface area contributed by atoms with E-state index < -0.39 is 11.4 Å². The van der Waals surface area contributed by atoms with E-state index in [-0.39, 0.29) is 0 Å². The van der Waals surface area contributed by atoms with E-state index in [9.17, 15) is 4.79 Å². The van der Waals surface area contributed by atoms with Gasteiger partial charge in [0.2, 0.25) is 5.91 Å². The molecule has 0 bridgehead atoms. The maximum atomic E-state index is 11.6. The fourth-order valence-corrected chi connectivity index (χ4v) is 1.64. The van der Waals surface area contributed by atoms with Crippen molar-refractivity contribution < 1.29 is 9.53 Å². The van der Waals surface area contributed by atoms with Crippen LogP contribution in [0.3, 0.4) is 0 Å². The highest BCUT2D eigenvalue weighted by atomic mass is 35.5. The third-order valence-electron chi connectivity index (χ3n) is 2.70. The van der Waals surface area contributed by atoms with Gasteiger partial charge in [0.25, 0.3) is 0 Å². The number of primary amides is 1. The molecule has 0 aromatic heterocycles. The van der Waals surface area contributed by atoms with Crippen molar-refractivity contribution in [2.24, 2.45) is 5.73 Å². The minimum Gasteiger partial charge on any atom is -0.383 e. The number of carbonyl (C=O) groups excluding carboxylic acids is 1. The Kier molecular flexibility index (Phi) is 4.93. The lowest BCUT2D eigenvalue weighted by Gasteiger charge is -2.28. The van der Waals surface area contributed by atoms with Gasteiger partial charge in [-0.25, -0.2) is 0 Å². The first-order valence-electron chi connectivity index (χ1n) is 5.30.